The van der Waals surface area contributed by atoms with Crippen LogP contribution in [0.25, 0.3) is 0 Å². The van der Waals surface area contributed by atoms with E-state index in [2.05, 4.69) is 27.4 Å². The van der Waals surface area contributed by atoms with Gasteiger partial charge in [0.15, 0.2) is 0 Å². The summed E-state index contributed by atoms with van der Waals surface area (Å²) in [7, 11) is 0. The van der Waals surface area contributed by atoms with E-state index in [4.69, 9.17) is 16.0 Å². The first-order valence-corrected chi connectivity index (χ1v) is 17.3. The summed E-state index contributed by atoms with van der Waals surface area (Å²) in [6, 6.07) is 0. The van der Waals surface area contributed by atoms with Gasteiger partial charge in [-0.05, 0) is 0 Å². The van der Waals surface area contributed by atoms with Gasteiger partial charge in [-0.1, -0.05) is 39.0 Å². The molecule has 4 heteroatoms. The number of hydrogen-bond donors (Lipinski definition) is 0. The Morgan fingerprint density at radius 2 is 1.10 bits per heavy atom. The van der Waals surface area contributed by atoms with Crippen LogP contribution in [0.3, 0.4) is 0 Å². The molecule has 0 N–H and O–H groups in total. The molecule has 0 bridgehead atoms. The van der Waals surface area contributed by atoms with E-state index in [1.165, 1.54) is 109 Å². The van der Waals surface area contributed by atoms with Crippen molar-refractivity contribution in [1.29, 1.82) is 0 Å². The zero-order chi connectivity index (χ0) is 23.3. The normalized spacial score (nSPS) is 13.0. The average molecular weight is 477 g/mol. The van der Waals surface area contributed by atoms with E-state index in [1.807, 2.05) is 0 Å². The summed E-state index contributed by atoms with van der Waals surface area (Å²) in [5.74, 6) is -2.59. The van der Waals surface area contributed by atoms with Crippen molar-refractivity contribution in [2.75, 3.05) is 31.3 Å². The van der Waals surface area contributed by atoms with Crippen LogP contribution in [-0.2, 0) is 9.53 Å². The molecule has 0 amide bonds. The van der Waals surface area contributed by atoms with Gasteiger partial charge in [0, 0.05) is 0 Å². The zero-order valence-corrected chi connectivity index (χ0v) is 22.9. The van der Waals surface area contributed by atoms with Gasteiger partial charge in [0.25, 0.3) is 0 Å². The Balaban J connectivity index is 3.69. The van der Waals surface area contributed by atoms with E-state index >= 15 is 0 Å². The van der Waals surface area contributed by atoms with Crippen LogP contribution in [0.5, 0.6) is 0 Å². The van der Waals surface area contributed by atoms with Gasteiger partial charge in [-0.2, -0.15) is 0 Å². The number of esters is 1. The molecular formula is C27H54ClO2P. The number of carbonyl (C=O) groups is 1. The Bertz CT molecular complexity index is 449. The molecule has 0 heterocycles. The van der Waals surface area contributed by atoms with Gasteiger partial charge in [-0.25, -0.2) is 0 Å². The zero-order valence-electron chi connectivity index (χ0n) is 21.3. The minimum absolute atomic E-state index is 0.337. The molecule has 0 unspecified atom stereocenters. The number of unbranched alkanes of at least 4 members (excludes halogenated alkanes) is 15. The van der Waals surface area contributed by atoms with E-state index in [9.17, 15) is 4.79 Å². The minimum Gasteiger partial charge on any atom is -0.0654 e. The standard InChI is InChI=1S/C27H54ClO2P/c1-5-9-10-11-12-13-14-15-16-17-18-19-20-21-22-23-25-31(28,7-3,8-4)26-24-30-27(29)6-2/h6H,2,5,7-26H2,1,3-4H3. The van der Waals surface area contributed by atoms with Crippen LogP contribution in [0.1, 0.15) is 124 Å². The molecule has 0 radical (unpaired) electrons. The van der Waals surface area contributed by atoms with Gasteiger partial charge in [0.05, 0.1) is 0 Å². The smallest absolute Gasteiger partial charge is 0.0654 e. The molecule has 0 fully saturated rings. The summed E-state index contributed by atoms with van der Waals surface area (Å²) >= 11 is 7.27. The van der Waals surface area contributed by atoms with Crippen LogP contribution in [-0.4, -0.2) is 37.2 Å². The van der Waals surface area contributed by atoms with Crippen LogP contribution in [0.2, 0.25) is 0 Å². The summed E-state index contributed by atoms with van der Waals surface area (Å²) in [5.41, 5.74) is 0. The molecular weight excluding hydrogens is 423 g/mol. The SMILES string of the molecule is C=CC(=O)OCCP(Cl)(CC)(CC)CCCCCCCCCCCCCCCCCC. The molecule has 0 atom stereocenters. The first-order chi connectivity index (χ1) is 14.9. The Hall–Kier alpha value is -0.0700. The molecule has 0 rings (SSSR count). The quantitative estimate of drug-likeness (QED) is 0.0634. The summed E-state index contributed by atoms with van der Waals surface area (Å²) in [6.45, 7) is 10.6. The molecule has 0 saturated carbocycles. The van der Waals surface area contributed by atoms with E-state index in [-0.39, 0.29) is 5.97 Å². The fourth-order valence-corrected chi connectivity index (χ4v) is 8.52. The number of carbonyl (C=O) groups excluding carboxylic acids is 1. The second kappa shape index (κ2) is 19.4. The summed E-state index contributed by atoms with van der Waals surface area (Å²) in [6.07, 6.45) is 27.6. The van der Waals surface area contributed by atoms with E-state index in [1.54, 1.807) is 0 Å². The first-order valence-electron chi connectivity index (χ1n) is 13.4. The van der Waals surface area contributed by atoms with Gasteiger partial charge in [0.1, 0.15) is 0 Å². The molecule has 0 aliphatic rings. The molecule has 0 aromatic carbocycles. The van der Waals surface area contributed by atoms with Gasteiger partial charge >= 0.3 is 161 Å². The molecule has 0 saturated heterocycles. The molecule has 186 valence electrons. The van der Waals surface area contributed by atoms with Crippen molar-refractivity contribution in [3.8, 4) is 0 Å². The fraction of sp³-hybridized carbons (Fsp3) is 0.889. The molecule has 31 heavy (non-hydrogen) atoms. The fourth-order valence-electron chi connectivity index (χ4n) is 4.46. The third-order valence-corrected chi connectivity index (χ3v) is 15.6. The van der Waals surface area contributed by atoms with Crippen molar-refractivity contribution in [3.63, 3.8) is 0 Å². The molecule has 0 spiro atoms. The van der Waals surface area contributed by atoms with Crippen molar-refractivity contribution >= 4 is 23.2 Å². The Labute approximate surface area is 200 Å². The van der Waals surface area contributed by atoms with Gasteiger partial charge in [-0.3, -0.25) is 0 Å². The average Bonchev–Trinajstić information content (AvgIpc) is 2.79. The maximum atomic E-state index is 11.3. The van der Waals surface area contributed by atoms with Gasteiger partial charge < -0.3 is 0 Å². The topological polar surface area (TPSA) is 26.3 Å². The predicted molar refractivity (Wildman–Crippen MR) is 144 cm³/mol. The van der Waals surface area contributed by atoms with Crippen LogP contribution in [0.15, 0.2) is 12.7 Å². The summed E-state index contributed by atoms with van der Waals surface area (Å²) < 4.78 is 5.24. The number of rotatable bonds is 23. The monoisotopic (exact) mass is 476 g/mol. The number of ether oxygens (including phenoxy) is 1. The molecule has 0 aromatic rings. The van der Waals surface area contributed by atoms with Crippen LogP contribution < -0.4 is 0 Å². The first kappa shape index (κ1) is 30.9. The van der Waals surface area contributed by atoms with E-state index in [0.29, 0.717) is 6.61 Å². The third kappa shape index (κ3) is 16.2. The summed E-state index contributed by atoms with van der Waals surface area (Å²) in [5, 5.41) is 0. The number of hydrogen-bond acceptors (Lipinski definition) is 2. The summed E-state index contributed by atoms with van der Waals surface area (Å²) in [4.78, 5) is 11.3. The predicted octanol–water partition coefficient (Wildman–Crippen LogP) is 9.72. The van der Waals surface area contributed by atoms with Crippen LogP contribution in [0, 0.1) is 0 Å². The van der Waals surface area contributed by atoms with E-state index < -0.39 is 5.96 Å². The van der Waals surface area contributed by atoms with Crippen LogP contribution >= 0.6 is 17.2 Å². The van der Waals surface area contributed by atoms with Gasteiger partial charge in [0.2, 0.25) is 0 Å². The second-order valence-electron chi connectivity index (χ2n) is 9.57. The van der Waals surface area contributed by atoms with Crippen molar-refractivity contribution < 1.29 is 9.53 Å². The van der Waals surface area contributed by atoms with Crippen molar-refractivity contribution in [2.45, 2.75) is 124 Å². The Morgan fingerprint density at radius 1 is 0.710 bits per heavy atom. The second-order valence-corrected chi connectivity index (χ2v) is 18.2. The van der Waals surface area contributed by atoms with Crippen LogP contribution in [0.4, 0.5) is 0 Å². The molecule has 0 aromatic heterocycles. The molecule has 0 aliphatic heterocycles. The van der Waals surface area contributed by atoms with E-state index in [0.717, 1.165) is 24.6 Å². The van der Waals surface area contributed by atoms with Crippen molar-refractivity contribution in [3.05, 3.63) is 12.7 Å². The maximum absolute atomic E-state index is 11.3. The number of halogens is 1. The minimum atomic E-state index is -2.25. The third-order valence-electron chi connectivity index (χ3n) is 7.21. The molecule has 0 aliphatic carbocycles. The van der Waals surface area contributed by atoms with Crippen molar-refractivity contribution in [2.24, 2.45) is 0 Å². The molecule has 2 nitrogen and oxygen atoms in total. The van der Waals surface area contributed by atoms with Gasteiger partial charge in [-0.15, -0.1) is 0 Å². The Kier molecular flexibility index (Phi) is 19.4. The Morgan fingerprint density at radius 3 is 1.45 bits per heavy atom. The van der Waals surface area contributed by atoms with Crippen molar-refractivity contribution in [1.82, 2.24) is 0 Å².